The van der Waals surface area contributed by atoms with Crippen LogP contribution in [0.3, 0.4) is 0 Å². The highest BCUT2D eigenvalue weighted by molar-refractivity contribution is 9.10. The van der Waals surface area contributed by atoms with Gasteiger partial charge in [-0.05, 0) is 41.8 Å². The molecule has 0 amide bonds. The van der Waals surface area contributed by atoms with E-state index in [0.29, 0.717) is 17.8 Å². The molecule has 3 rings (SSSR count). The lowest BCUT2D eigenvalue weighted by Gasteiger charge is -2.34. The number of halogens is 1. The number of aromatic nitrogens is 3. The monoisotopic (exact) mass is 308 g/mol. The van der Waals surface area contributed by atoms with Crippen LogP contribution >= 0.6 is 15.9 Å². The van der Waals surface area contributed by atoms with E-state index in [4.69, 9.17) is 4.52 Å². The Bertz CT molecular complexity index is 551. The Morgan fingerprint density at radius 1 is 1.39 bits per heavy atom. The lowest BCUT2D eigenvalue weighted by molar-refractivity contribution is 0.274. The van der Waals surface area contributed by atoms with Crippen molar-refractivity contribution >= 4 is 21.6 Å². The number of anilines is 1. The lowest BCUT2D eigenvalue weighted by Crippen LogP contribution is -2.34. The van der Waals surface area contributed by atoms with Crippen LogP contribution in [0.5, 0.6) is 0 Å². The molecule has 2 aromatic rings. The summed E-state index contributed by atoms with van der Waals surface area (Å²) in [5, 5.41) is 7.26. The normalized spacial score (nSPS) is 22.6. The van der Waals surface area contributed by atoms with Crippen molar-refractivity contribution < 1.29 is 4.52 Å². The molecule has 5 nitrogen and oxygen atoms in total. The largest absolute Gasteiger partial charge is 0.381 e. The van der Waals surface area contributed by atoms with Crippen molar-refractivity contribution in [1.29, 1.82) is 0 Å². The van der Waals surface area contributed by atoms with Crippen LogP contribution in [0.4, 0.5) is 5.69 Å². The number of nitrogens with zero attached hydrogens (tertiary/aromatic N) is 3. The maximum Gasteiger partial charge on any atom is 0.229 e. The third kappa shape index (κ3) is 2.38. The van der Waals surface area contributed by atoms with Gasteiger partial charge in [-0.3, -0.25) is 4.98 Å². The third-order valence-electron chi connectivity index (χ3n) is 3.11. The molecule has 1 aliphatic carbocycles. The van der Waals surface area contributed by atoms with E-state index in [-0.39, 0.29) is 0 Å². The number of hydrogen-bond donors (Lipinski definition) is 1. The first-order valence-electron chi connectivity index (χ1n) is 5.88. The Morgan fingerprint density at radius 2 is 2.22 bits per heavy atom. The number of nitrogens with one attached hydrogen (secondary N) is 1. The maximum atomic E-state index is 5.18. The van der Waals surface area contributed by atoms with Gasteiger partial charge in [-0.2, -0.15) is 4.98 Å². The summed E-state index contributed by atoms with van der Waals surface area (Å²) in [4.78, 5) is 8.39. The number of aryl methyl sites for hydroxylation is 1. The molecule has 1 N–H and O–H groups in total. The molecule has 94 valence electrons. The van der Waals surface area contributed by atoms with Crippen molar-refractivity contribution in [3.05, 3.63) is 34.6 Å². The first-order valence-corrected chi connectivity index (χ1v) is 6.67. The fourth-order valence-electron chi connectivity index (χ4n) is 2.14. The van der Waals surface area contributed by atoms with Gasteiger partial charge in [-0.25, -0.2) is 0 Å². The Hall–Kier alpha value is -1.43. The van der Waals surface area contributed by atoms with Crippen LogP contribution in [0, 0.1) is 6.92 Å². The van der Waals surface area contributed by atoms with E-state index in [1.54, 1.807) is 6.20 Å². The average Bonchev–Trinajstić information content (AvgIpc) is 2.69. The molecular weight excluding hydrogens is 296 g/mol. The van der Waals surface area contributed by atoms with Crippen LogP contribution in [0.2, 0.25) is 0 Å². The van der Waals surface area contributed by atoms with Gasteiger partial charge in [0.05, 0.1) is 11.9 Å². The highest BCUT2D eigenvalue weighted by Crippen LogP contribution is 2.37. The van der Waals surface area contributed by atoms with Gasteiger partial charge in [-0.1, -0.05) is 5.16 Å². The standard InChI is InChI=1S/C12H13BrN4O/c1-7-15-12(18-17-7)8-2-10(3-8)16-11-4-9(13)5-14-6-11/h4-6,8,10,16H,2-3H2,1H3. The summed E-state index contributed by atoms with van der Waals surface area (Å²) in [5.41, 5.74) is 1.04. The van der Waals surface area contributed by atoms with E-state index in [2.05, 4.69) is 36.4 Å². The molecule has 0 bridgehead atoms. The van der Waals surface area contributed by atoms with Crippen LogP contribution in [-0.2, 0) is 0 Å². The Labute approximate surface area is 113 Å². The molecule has 1 aliphatic rings. The first-order chi connectivity index (χ1) is 8.70. The Kier molecular flexibility index (Phi) is 3.03. The third-order valence-corrected chi connectivity index (χ3v) is 3.54. The number of pyridine rings is 1. The molecule has 6 heteroatoms. The summed E-state index contributed by atoms with van der Waals surface area (Å²) in [6, 6.07) is 2.48. The highest BCUT2D eigenvalue weighted by atomic mass is 79.9. The molecule has 0 aromatic carbocycles. The number of rotatable bonds is 3. The van der Waals surface area contributed by atoms with Crippen molar-refractivity contribution in [2.24, 2.45) is 0 Å². The maximum absolute atomic E-state index is 5.18. The molecule has 0 radical (unpaired) electrons. The van der Waals surface area contributed by atoms with Gasteiger partial charge in [0, 0.05) is 22.6 Å². The van der Waals surface area contributed by atoms with Crippen LogP contribution in [0.15, 0.2) is 27.5 Å². The van der Waals surface area contributed by atoms with Crippen molar-refractivity contribution in [3.63, 3.8) is 0 Å². The number of hydrogen-bond acceptors (Lipinski definition) is 5. The van der Waals surface area contributed by atoms with Gasteiger partial charge < -0.3 is 9.84 Å². The average molecular weight is 309 g/mol. The van der Waals surface area contributed by atoms with E-state index in [9.17, 15) is 0 Å². The van der Waals surface area contributed by atoms with Gasteiger partial charge in [-0.15, -0.1) is 0 Å². The van der Waals surface area contributed by atoms with E-state index < -0.39 is 0 Å². The molecule has 1 fully saturated rings. The van der Waals surface area contributed by atoms with Gasteiger partial charge in [0.1, 0.15) is 0 Å². The SMILES string of the molecule is Cc1noc(C2CC(Nc3cncc(Br)c3)C2)n1. The minimum absolute atomic E-state index is 0.392. The molecule has 0 saturated heterocycles. The minimum Gasteiger partial charge on any atom is -0.381 e. The van der Waals surface area contributed by atoms with Crippen LogP contribution in [0.1, 0.15) is 30.5 Å². The zero-order valence-electron chi connectivity index (χ0n) is 9.93. The molecule has 0 spiro atoms. The minimum atomic E-state index is 0.392. The summed E-state index contributed by atoms with van der Waals surface area (Å²) in [7, 11) is 0. The molecule has 0 atom stereocenters. The van der Waals surface area contributed by atoms with Crippen molar-refractivity contribution in [2.75, 3.05) is 5.32 Å². The first kappa shape index (κ1) is 11.6. The second-order valence-electron chi connectivity index (χ2n) is 4.58. The van der Waals surface area contributed by atoms with E-state index >= 15 is 0 Å². The van der Waals surface area contributed by atoms with Crippen molar-refractivity contribution in [3.8, 4) is 0 Å². The lowest BCUT2D eigenvalue weighted by atomic mass is 9.80. The Balaban J connectivity index is 1.56. The fourth-order valence-corrected chi connectivity index (χ4v) is 2.51. The second kappa shape index (κ2) is 4.68. The smallest absolute Gasteiger partial charge is 0.229 e. The van der Waals surface area contributed by atoms with Crippen LogP contribution in [-0.4, -0.2) is 21.2 Å². The molecule has 0 aliphatic heterocycles. The topological polar surface area (TPSA) is 63.8 Å². The van der Waals surface area contributed by atoms with Gasteiger partial charge >= 0.3 is 0 Å². The molecule has 2 aromatic heterocycles. The fraction of sp³-hybridized carbons (Fsp3) is 0.417. The molecule has 18 heavy (non-hydrogen) atoms. The van der Waals surface area contributed by atoms with Crippen molar-refractivity contribution in [2.45, 2.75) is 31.7 Å². The van der Waals surface area contributed by atoms with E-state index in [1.165, 1.54) is 0 Å². The van der Waals surface area contributed by atoms with E-state index in [0.717, 1.165) is 28.9 Å². The quantitative estimate of drug-likeness (QED) is 0.944. The molecule has 2 heterocycles. The summed E-state index contributed by atoms with van der Waals surface area (Å²) in [6.45, 7) is 1.84. The van der Waals surface area contributed by atoms with Gasteiger partial charge in [0.2, 0.25) is 5.89 Å². The van der Waals surface area contributed by atoms with E-state index in [1.807, 2.05) is 19.2 Å². The van der Waals surface area contributed by atoms with Gasteiger partial charge in [0.15, 0.2) is 5.82 Å². The summed E-state index contributed by atoms with van der Waals surface area (Å²) < 4.78 is 6.16. The van der Waals surface area contributed by atoms with Crippen LogP contribution in [0.25, 0.3) is 0 Å². The summed E-state index contributed by atoms with van der Waals surface area (Å²) in [6.07, 6.45) is 5.65. The zero-order valence-corrected chi connectivity index (χ0v) is 11.5. The molecular formula is C12H13BrN4O. The molecule has 1 saturated carbocycles. The summed E-state index contributed by atoms with van der Waals surface area (Å²) >= 11 is 3.41. The summed E-state index contributed by atoms with van der Waals surface area (Å²) in [5.74, 6) is 1.86. The van der Waals surface area contributed by atoms with Crippen molar-refractivity contribution in [1.82, 2.24) is 15.1 Å². The predicted molar refractivity (Wildman–Crippen MR) is 70.4 cm³/mol. The second-order valence-corrected chi connectivity index (χ2v) is 5.50. The van der Waals surface area contributed by atoms with Crippen LogP contribution < -0.4 is 5.32 Å². The Morgan fingerprint density at radius 3 is 2.89 bits per heavy atom. The molecule has 0 unspecified atom stereocenters. The zero-order chi connectivity index (χ0) is 12.5. The van der Waals surface area contributed by atoms with Gasteiger partial charge in [0.25, 0.3) is 0 Å². The predicted octanol–water partition coefficient (Wildman–Crippen LogP) is 2.89. The highest BCUT2D eigenvalue weighted by Gasteiger charge is 2.34.